The number of aromatic nitrogens is 2. The summed E-state index contributed by atoms with van der Waals surface area (Å²) in [6.45, 7) is 4.43. The Kier molecular flexibility index (Phi) is 2.55. The van der Waals surface area contributed by atoms with Crippen LogP contribution in [0.3, 0.4) is 0 Å². The summed E-state index contributed by atoms with van der Waals surface area (Å²) in [7, 11) is 0. The summed E-state index contributed by atoms with van der Waals surface area (Å²) >= 11 is 1.20. The van der Waals surface area contributed by atoms with Crippen LogP contribution < -0.4 is 0 Å². The normalized spacial score (nSPS) is 30.8. The molecule has 1 aliphatic rings. The van der Waals surface area contributed by atoms with E-state index in [1.807, 2.05) is 13.8 Å². The van der Waals surface area contributed by atoms with E-state index >= 15 is 0 Å². The molecule has 2 heterocycles. The van der Waals surface area contributed by atoms with Gasteiger partial charge in [-0.3, -0.25) is 0 Å². The molecule has 0 radical (unpaired) electrons. The Balaban J connectivity index is 2.01. The third-order valence-electron chi connectivity index (χ3n) is 2.71. The molecule has 0 spiro atoms. The second-order valence-electron chi connectivity index (χ2n) is 4.22. The Labute approximate surface area is 87.2 Å². The fourth-order valence-corrected chi connectivity index (χ4v) is 2.22. The number of hydrogen-bond acceptors (Lipinski definition) is 5. The lowest BCUT2D eigenvalue weighted by molar-refractivity contribution is -0.0312. The number of rotatable bonds is 2. The SMILES string of the molecule is CC1(C)OCC(Cc2cnsn2)C1O. The molecule has 0 bridgehead atoms. The molecule has 1 aromatic rings. The van der Waals surface area contributed by atoms with E-state index < -0.39 is 11.7 Å². The lowest BCUT2D eigenvalue weighted by Gasteiger charge is -2.23. The zero-order valence-electron chi connectivity index (χ0n) is 8.30. The molecule has 0 aliphatic carbocycles. The van der Waals surface area contributed by atoms with Gasteiger partial charge in [-0.05, 0) is 20.3 Å². The zero-order chi connectivity index (χ0) is 10.2. The van der Waals surface area contributed by atoms with Gasteiger partial charge in [0.1, 0.15) is 0 Å². The van der Waals surface area contributed by atoms with Crippen molar-refractivity contribution in [2.45, 2.75) is 32.0 Å². The van der Waals surface area contributed by atoms with Crippen molar-refractivity contribution in [1.29, 1.82) is 0 Å². The van der Waals surface area contributed by atoms with Gasteiger partial charge >= 0.3 is 0 Å². The summed E-state index contributed by atoms with van der Waals surface area (Å²) in [6, 6.07) is 0. The van der Waals surface area contributed by atoms with E-state index in [9.17, 15) is 5.11 Å². The summed E-state index contributed by atoms with van der Waals surface area (Å²) < 4.78 is 13.6. The topological polar surface area (TPSA) is 55.2 Å². The van der Waals surface area contributed by atoms with Gasteiger partial charge in [-0.2, -0.15) is 8.75 Å². The highest BCUT2D eigenvalue weighted by Crippen LogP contribution is 2.31. The molecule has 0 aromatic carbocycles. The maximum atomic E-state index is 9.95. The van der Waals surface area contributed by atoms with E-state index in [2.05, 4.69) is 8.75 Å². The van der Waals surface area contributed by atoms with Gasteiger partial charge in [-0.25, -0.2) is 0 Å². The maximum Gasteiger partial charge on any atom is 0.0888 e. The van der Waals surface area contributed by atoms with E-state index in [-0.39, 0.29) is 5.92 Å². The van der Waals surface area contributed by atoms with E-state index in [4.69, 9.17) is 4.74 Å². The molecule has 5 heteroatoms. The van der Waals surface area contributed by atoms with E-state index in [1.165, 1.54) is 11.7 Å². The second-order valence-corrected chi connectivity index (χ2v) is 4.78. The van der Waals surface area contributed by atoms with Crippen LogP contribution >= 0.6 is 11.7 Å². The number of hydrogen-bond donors (Lipinski definition) is 1. The first-order chi connectivity index (χ1) is 6.59. The lowest BCUT2D eigenvalue weighted by atomic mass is 9.91. The standard InChI is InChI=1S/C9H14N2O2S/c1-9(2)8(12)6(5-13-9)3-7-4-10-14-11-7/h4,6,8,12H,3,5H2,1-2H3. The largest absolute Gasteiger partial charge is 0.390 e. The molecule has 1 aromatic heterocycles. The summed E-state index contributed by atoms with van der Waals surface area (Å²) in [5.41, 5.74) is 0.522. The molecule has 0 saturated carbocycles. The lowest BCUT2D eigenvalue weighted by Crippen LogP contribution is -2.35. The fraction of sp³-hybridized carbons (Fsp3) is 0.778. The molecule has 2 atom stereocenters. The van der Waals surface area contributed by atoms with Crippen molar-refractivity contribution in [1.82, 2.24) is 8.75 Å². The molecule has 2 rings (SSSR count). The predicted octanol–water partition coefficient (Wildman–Crippen LogP) is 0.867. The third kappa shape index (κ3) is 1.80. The number of nitrogens with zero attached hydrogens (tertiary/aromatic N) is 2. The van der Waals surface area contributed by atoms with Crippen LogP contribution in [0.1, 0.15) is 19.5 Å². The summed E-state index contributed by atoms with van der Waals surface area (Å²) in [4.78, 5) is 0. The molecule has 2 unspecified atom stereocenters. The highest BCUT2D eigenvalue weighted by Gasteiger charge is 2.42. The first-order valence-electron chi connectivity index (χ1n) is 4.68. The van der Waals surface area contributed by atoms with Crippen LogP contribution in [0.2, 0.25) is 0 Å². The van der Waals surface area contributed by atoms with Crippen LogP contribution in [-0.2, 0) is 11.2 Å². The van der Waals surface area contributed by atoms with Crippen LogP contribution in [0.5, 0.6) is 0 Å². The maximum absolute atomic E-state index is 9.95. The minimum absolute atomic E-state index is 0.147. The van der Waals surface area contributed by atoms with E-state index in [0.717, 1.165) is 12.1 Å². The van der Waals surface area contributed by atoms with Crippen molar-refractivity contribution >= 4 is 11.7 Å². The number of aliphatic hydroxyl groups is 1. The van der Waals surface area contributed by atoms with Crippen molar-refractivity contribution < 1.29 is 9.84 Å². The van der Waals surface area contributed by atoms with Crippen molar-refractivity contribution in [3.8, 4) is 0 Å². The van der Waals surface area contributed by atoms with Crippen LogP contribution in [0.4, 0.5) is 0 Å². The average Bonchev–Trinajstić information content (AvgIpc) is 2.70. The number of ether oxygens (including phenoxy) is 1. The number of aliphatic hydroxyl groups excluding tert-OH is 1. The van der Waals surface area contributed by atoms with Gasteiger partial charge in [0.2, 0.25) is 0 Å². The van der Waals surface area contributed by atoms with Crippen molar-refractivity contribution in [3.05, 3.63) is 11.9 Å². The molecule has 1 fully saturated rings. The minimum atomic E-state index is -0.423. The first-order valence-corrected chi connectivity index (χ1v) is 5.41. The van der Waals surface area contributed by atoms with Crippen LogP contribution in [-0.4, -0.2) is 32.2 Å². The van der Waals surface area contributed by atoms with Gasteiger partial charge < -0.3 is 9.84 Å². The van der Waals surface area contributed by atoms with E-state index in [0.29, 0.717) is 6.61 Å². The van der Waals surface area contributed by atoms with Gasteiger partial charge in [0, 0.05) is 5.92 Å². The smallest absolute Gasteiger partial charge is 0.0888 e. The molecule has 1 aliphatic heterocycles. The van der Waals surface area contributed by atoms with Gasteiger partial charge in [-0.15, -0.1) is 0 Å². The highest BCUT2D eigenvalue weighted by molar-refractivity contribution is 6.99. The molecule has 0 amide bonds. The highest BCUT2D eigenvalue weighted by atomic mass is 32.1. The third-order valence-corrected chi connectivity index (χ3v) is 3.22. The van der Waals surface area contributed by atoms with Crippen LogP contribution in [0.25, 0.3) is 0 Å². The molecular weight excluding hydrogens is 200 g/mol. The Morgan fingerprint density at radius 2 is 2.50 bits per heavy atom. The van der Waals surface area contributed by atoms with Crippen LogP contribution in [0.15, 0.2) is 6.20 Å². The summed E-state index contributed by atoms with van der Waals surface area (Å²) in [6.07, 6.45) is 2.09. The quantitative estimate of drug-likeness (QED) is 0.793. The summed E-state index contributed by atoms with van der Waals surface area (Å²) in [5, 5.41) is 9.95. The van der Waals surface area contributed by atoms with Crippen molar-refractivity contribution in [3.63, 3.8) is 0 Å². The Morgan fingerprint density at radius 1 is 1.71 bits per heavy atom. The van der Waals surface area contributed by atoms with Gasteiger partial charge in [-0.1, -0.05) is 0 Å². The molecule has 4 nitrogen and oxygen atoms in total. The molecular formula is C9H14N2O2S. The zero-order valence-corrected chi connectivity index (χ0v) is 9.12. The van der Waals surface area contributed by atoms with E-state index in [1.54, 1.807) is 6.20 Å². The fourth-order valence-electron chi connectivity index (χ4n) is 1.78. The van der Waals surface area contributed by atoms with Crippen LogP contribution in [0, 0.1) is 5.92 Å². The predicted molar refractivity (Wildman–Crippen MR) is 53.1 cm³/mol. The van der Waals surface area contributed by atoms with Crippen molar-refractivity contribution in [2.75, 3.05) is 6.61 Å². The Morgan fingerprint density at radius 3 is 3.00 bits per heavy atom. The average molecular weight is 214 g/mol. The monoisotopic (exact) mass is 214 g/mol. The molecule has 78 valence electrons. The molecule has 1 saturated heterocycles. The van der Waals surface area contributed by atoms with Gasteiger partial charge in [0.15, 0.2) is 0 Å². The summed E-state index contributed by atoms with van der Waals surface area (Å²) in [5.74, 6) is 0.147. The molecule has 14 heavy (non-hydrogen) atoms. The Bertz CT molecular complexity index is 300. The molecule has 1 N–H and O–H groups in total. The first kappa shape index (κ1) is 10.0. The van der Waals surface area contributed by atoms with Gasteiger partial charge in [0.05, 0.1) is 41.9 Å². The van der Waals surface area contributed by atoms with Gasteiger partial charge in [0.25, 0.3) is 0 Å². The Hall–Kier alpha value is -0.520. The second kappa shape index (κ2) is 3.56. The van der Waals surface area contributed by atoms with Crippen molar-refractivity contribution in [2.24, 2.45) is 5.92 Å². The minimum Gasteiger partial charge on any atom is -0.390 e.